The molecule has 2 aromatic heterocycles. The number of halogens is 2. The van der Waals surface area contributed by atoms with Crippen LogP contribution in [0.2, 0.25) is 5.02 Å². The summed E-state index contributed by atoms with van der Waals surface area (Å²) in [5.41, 5.74) is 1.18. The minimum atomic E-state index is -3.38. The molecule has 0 atom stereocenters. The smallest absolute Gasteiger partial charge is 0.308 e. The van der Waals surface area contributed by atoms with Gasteiger partial charge in [0.15, 0.2) is 15.6 Å². The van der Waals surface area contributed by atoms with Crippen molar-refractivity contribution in [2.45, 2.75) is 28.7 Å². The predicted molar refractivity (Wildman–Crippen MR) is 102 cm³/mol. The minimum Gasteiger partial charge on any atom is -0.424 e. The molecular weight excluding hydrogens is 413 g/mol. The summed E-state index contributed by atoms with van der Waals surface area (Å²) < 4.78 is 44.0. The van der Waals surface area contributed by atoms with E-state index in [9.17, 15) is 17.6 Å². The topological polar surface area (TPSA) is 64.9 Å². The first-order chi connectivity index (χ1) is 12.6. The fourth-order valence-electron chi connectivity index (χ4n) is 2.60. The Hall–Kier alpha value is -2.03. The van der Waals surface area contributed by atoms with Gasteiger partial charge < -0.3 is 9.14 Å². The quantitative estimate of drug-likeness (QED) is 0.573. The van der Waals surface area contributed by atoms with Gasteiger partial charge in [0.2, 0.25) is 0 Å². The second kappa shape index (κ2) is 7.18. The molecule has 27 heavy (non-hydrogen) atoms. The third kappa shape index (κ3) is 3.97. The van der Waals surface area contributed by atoms with E-state index in [0.717, 1.165) is 6.26 Å². The van der Waals surface area contributed by atoms with Gasteiger partial charge in [0.1, 0.15) is 5.82 Å². The summed E-state index contributed by atoms with van der Waals surface area (Å²) in [6.07, 6.45) is 2.39. The summed E-state index contributed by atoms with van der Waals surface area (Å²) in [5, 5.41) is 0.859. The van der Waals surface area contributed by atoms with E-state index in [1.54, 1.807) is 17.4 Å². The van der Waals surface area contributed by atoms with E-state index in [2.05, 4.69) is 0 Å². The lowest BCUT2D eigenvalue weighted by Crippen LogP contribution is -2.01. The van der Waals surface area contributed by atoms with E-state index in [-0.39, 0.29) is 9.92 Å². The highest BCUT2D eigenvalue weighted by molar-refractivity contribution is 7.99. The van der Waals surface area contributed by atoms with Gasteiger partial charge in [0.05, 0.1) is 20.5 Å². The van der Waals surface area contributed by atoms with Crippen LogP contribution in [-0.2, 0) is 14.6 Å². The van der Waals surface area contributed by atoms with Gasteiger partial charge in [0.25, 0.3) is 0 Å². The molecule has 0 fully saturated rings. The van der Waals surface area contributed by atoms with E-state index in [4.69, 9.17) is 16.3 Å². The Morgan fingerprint density at radius 2 is 1.96 bits per heavy atom. The Morgan fingerprint density at radius 3 is 2.56 bits per heavy atom. The Morgan fingerprint density at radius 1 is 1.26 bits per heavy atom. The summed E-state index contributed by atoms with van der Waals surface area (Å²) in [5.74, 6) is -0.594. The first-order valence-electron chi connectivity index (χ1n) is 7.74. The Balaban J connectivity index is 2.13. The first kappa shape index (κ1) is 19.7. The van der Waals surface area contributed by atoms with Crippen LogP contribution >= 0.6 is 23.4 Å². The van der Waals surface area contributed by atoms with Crippen molar-refractivity contribution in [3.8, 4) is 5.75 Å². The van der Waals surface area contributed by atoms with E-state index < -0.39 is 21.6 Å². The normalized spacial score (nSPS) is 11.7. The SMILES string of the molecule is CC(=O)Oc1c(C)c(Sc2ccc(S(C)(=O)=O)cc2Cl)n2cc(F)ccc12. The van der Waals surface area contributed by atoms with Gasteiger partial charge in [-0.15, -0.1) is 0 Å². The molecule has 0 aliphatic heterocycles. The van der Waals surface area contributed by atoms with Crippen molar-refractivity contribution in [1.29, 1.82) is 0 Å². The molecule has 3 aromatic rings. The molecule has 5 nitrogen and oxygen atoms in total. The summed E-state index contributed by atoms with van der Waals surface area (Å²) in [7, 11) is -3.38. The number of pyridine rings is 1. The molecule has 2 heterocycles. The van der Waals surface area contributed by atoms with Crippen LogP contribution in [0.25, 0.3) is 5.52 Å². The van der Waals surface area contributed by atoms with Crippen molar-refractivity contribution in [1.82, 2.24) is 4.40 Å². The standard InChI is InChI=1S/C18H15ClFNO4S2/c1-10-17(25-11(2)22)15-6-4-12(20)9-21(15)18(10)26-16-7-5-13(8-14(16)19)27(3,23)24/h4-9H,1-3H3. The average molecular weight is 428 g/mol. The molecule has 0 radical (unpaired) electrons. The zero-order chi connectivity index (χ0) is 19.9. The number of carbonyl (C=O) groups excluding carboxylic acids is 1. The van der Waals surface area contributed by atoms with E-state index >= 15 is 0 Å². The van der Waals surface area contributed by atoms with E-state index in [0.29, 0.717) is 26.8 Å². The minimum absolute atomic E-state index is 0.111. The van der Waals surface area contributed by atoms with Crippen molar-refractivity contribution in [2.75, 3.05) is 6.26 Å². The van der Waals surface area contributed by atoms with Crippen molar-refractivity contribution in [3.05, 3.63) is 52.9 Å². The molecular formula is C18H15ClFNO4S2. The highest BCUT2D eigenvalue weighted by Gasteiger charge is 2.20. The fourth-order valence-corrected chi connectivity index (χ4v) is 4.60. The number of ether oxygens (including phenoxy) is 1. The molecule has 3 rings (SSSR count). The number of esters is 1. The van der Waals surface area contributed by atoms with Gasteiger partial charge in [-0.1, -0.05) is 23.4 Å². The third-order valence-corrected chi connectivity index (χ3v) is 6.62. The number of nitrogens with zero attached hydrogens (tertiary/aromatic N) is 1. The number of hydrogen-bond donors (Lipinski definition) is 0. The molecule has 0 saturated carbocycles. The lowest BCUT2D eigenvalue weighted by molar-refractivity contribution is -0.131. The molecule has 0 bridgehead atoms. The second-order valence-electron chi connectivity index (χ2n) is 5.92. The zero-order valence-electron chi connectivity index (χ0n) is 14.6. The molecule has 0 amide bonds. The summed E-state index contributed by atoms with van der Waals surface area (Å²) in [6, 6.07) is 7.23. The Bertz CT molecular complexity index is 1170. The Labute approximate surface area is 165 Å². The van der Waals surface area contributed by atoms with Crippen LogP contribution in [0.5, 0.6) is 5.75 Å². The van der Waals surface area contributed by atoms with Gasteiger partial charge in [-0.2, -0.15) is 0 Å². The average Bonchev–Trinajstić information content (AvgIpc) is 2.80. The van der Waals surface area contributed by atoms with Crippen molar-refractivity contribution in [2.24, 2.45) is 0 Å². The second-order valence-corrected chi connectivity index (χ2v) is 9.38. The molecule has 142 valence electrons. The first-order valence-corrected chi connectivity index (χ1v) is 10.8. The number of carbonyl (C=O) groups is 1. The van der Waals surface area contributed by atoms with Gasteiger partial charge in [-0.25, -0.2) is 12.8 Å². The number of benzene rings is 1. The highest BCUT2D eigenvalue weighted by Crippen LogP contribution is 2.42. The van der Waals surface area contributed by atoms with Gasteiger partial charge >= 0.3 is 5.97 Å². The van der Waals surface area contributed by atoms with Crippen LogP contribution in [-0.4, -0.2) is 25.0 Å². The van der Waals surface area contributed by atoms with Crippen LogP contribution in [0.1, 0.15) is 12.5 Å². The lowest BCUT2D eigenvalue weighted by Gasteiger charge is -2.08. The highest BCUT2D eigenvalue weighted by atomic mass is 35.5. The van der Waals surface area contributed by atoms with E-state index in [1.807, 2.05) is 0 Å². The maximum atomic E-state index is 13.8. The summed E-state index contributed by atoms with van der Waals surface area (Å²) in [4.78, 5) is 12.1. The molecule has 0 aliphatic rings. The molecule has 1 aromatic carbocycles. The maximum absolute atomic E-state index is 13.8. The number of aromatic nitrogens is 1. The maximum Gasteiger partial charge on any atom is 0.308 e. The fraction of sp³-hybridized carbons (Fsp3) is 0.167. The number of fused-ring (bicyclic) bond motifs is 1. The van der Waals surface area contributed by atoms with Crippen LogP contribution in [0.15, 0.2) is 51.3 Å². The van der Waals surface area contributed by atoms with Crippen molar-refractivity contribution < 1.29 is 22.3 Å². The number of hydrogen-bond acceptors (Lipinski definition) is 5. The molecule has 0 saturated heterocycles. The summed E-state index contributed by atoms with van der Waals surface area (Å²) in [6.45, 7) is 3.05. The molecule has 9 heteroatoms. The van der Waals surface area contributed by atoms with Crippen molar-refractivity contribution in [3.63, 3.8) is 0 Å². The van der Waals surface area contributed by atoms with Crippen molar-refractivity contribution >= 4 is 44.7 Å². The van der Waals surface area contributed by atoms with Gasteiger partial charge in [0, 0.05) is 29.8 Å². The van der Waals surface area contributed by atoms with Gasteiger partial charge in [-0.3, -0.25) is 4.79 Å². The van der Waals surface area contributed by atoms with Crippen LogP contribution in [0, 0.1) is 12.7 Å². The third-order valence-electron chi connectivity index (χ3n) is 3.81. The van der Waals surface area contributed by atoms with E-state index in [1.165, 1.54) is 49.1 Å². The van der Waals surface area contributed by atoms with Crippen LogP contribution in [0.4, 0.5) is 4.39 Å². The largest absolute Gasteiger partial charge is 0.424 e. The van der Waals surface area contributed by atoms with Gasteiger partial charge in [-0.05, 0) is 37.3 Å². The molecule has 0 unspecified atom stereocenters. The number of sulfone groups is 1. The zero-order valence-corrected chi connectivity index (χ0v) is 17.0. The molecule has 0 N–H and O–H groups in total. The predicted octanol–water partition coefficient (Wildman–Crippen LogP) is 4.52. The summed E-state index contributed by atoms with van der Waals surface area (Å²) >= 11 is 7.48. The monoisotopic (exact) mass is 427 g/mol. The number of rotatable bonds is 4. The lowest BCUT2D eigenvalue weighted by atomic mass is 10.3. The van der Waals surface area contributed by atoms with Crippen LogP contribution in [0.3, 0.4) is 0 Å². The molecule has 0 spiro atoms. The molecule has 0 aliphatic carbocycles. The Kier molecular flexibility index (Phi) is 5.24. The van der Waals surface area contributed by atoms with Crippen LogP contribution < -0.4 is 4.74 Å².